The molecule has 0 aliphatic heterocycles. The second-order valence-corrected chi connectivity index (χ2v) is 7.39. The first-order valence-corrected chi connectivity index (χ1v) is 9.10. The van der Waals surface area contributed by atoms with Crippen LogP contribution in [-0.4, -0.2) is 32.8 Å². The molecular weight excluding hydrogens is 398 g/mol. The minimum atomic E-state index is -3.85. The number of sulfonamides is 1. The van der Waals surface area contributed by atoms with Crippen molar-refractivity contribution in [1.82, 2.24) is 10.2 Å². The molecule has 7 nitrogen and oxygen atoms in total. The molecule has 0 unspecified atom stereocenters. The average Bonchev–Trinajstić information content (AvgIpc) is 3.03. The zero-order chi connectivity index (χ0) is 17.3. The van der Waals surface area contributed by atoms with Crippen LogP contribution >= 0.6 is 15.9 Å². The minimum Gasteiger partial charge on any atom is -0.493 e. The number of benzene rings is 2. The summed E-state index contributed by atoms with van der Waals surface area (Å²) in [6.45, 7) is 0. The highest BCUT2D eigenvalue weighted by molar-refractivity contribution is 9.10. The highest BCUT2D eigenvalue weighted by Gasteiger charge is 2.22. The Morgan fingerprint density at radius 1 is 1.17 bits per heavy atom. The van der Waals surface area contributed by atoms with Crippen LogP contribution in [0.3, 0.4) is 0 Å². The van der Waals surface area contributed by atoms with Gasteiger partial charge in [0.2, 0.25) is 0 Å². The van der Waals surface area contributed by atoms with E-state index >= 15 is 0 Å². The quantitative estimate of drug-likeness (QED) is 0.672. The van der Waals surface area contributed by atoms with Crippen LogP contribution in [0.2, 0.25) is 0 Å². The monoisotopic (exact) mass is 411 g/mol. The Hall–Kier alpha value is -2.26. The summed E-state index contributed by atoms with van der Waals surface area (Å²) < 4.78 is 38.9. The van der Waals surface area contributed by atoms with Gasteiger partial charge in [0.1, 0.15) is 4.90 Å². The molecule has 2 N–H and O–H groups in total. The zero-order valence-corrected chi connectivity index (χ0v) is 15.2. The maximum atomic E-state index is 12.8. The first kappa shape index (κ1) is 16.6. The van der Waals surface area contributed by atoms with E-state index in [2.05, 4.69) is 30.8 Å². The lowest BCUT2D eigenvalue weighted by molar-refractivity contribution is 0.353. The fraction of sp³-hybridized carbons (Fsp3) is 0.133. The highest BCUT2D eigenvalue weighted by atomic mass is 79.9. The fourth-order valence-electron chi connectivity index (χ4n) is 2.30. The molecule has 0 spiro atoms. The molecule has 0 radical (unpaired) electrons. The van der Waals surface area contributed by atoms with Gasteiger partial charge in [-0.05, 0) is 34.1 Å². The molecule has 0 aliphatic rings. The van der Waals surface area contributed by atoms with Crippen LogP contribution < -0.4 is 14.2 Å². The smallest absolute Gasteiger partial charge is 0.263 e. The Kier molecular flexibility index (Phi) is 4.37. The van der Waals surface area contributed by atoms with Gasteiger partial charge in [-0.1, -0.05) is 6.07 Å². The van der Waals surface area contributed by atoms with Crippen molar-refractivity contribution in [1.29, 1.82) is 0 Å². The van der Waals surface area contributed by atoms with Gasteiger partial charge in [-0.2, -0.15) is 5.10 Å². The molecule has 126 valence electrons. The normalized spacial score (nSPS) is 11.5. The van der Waals surface area contributed by atoms with E-state index < -0.39 is 10.0 Å². The lowest BCUT2D eigenvalue weighted by atomic mass is 10.2. The van der Waals surface area contributed by atoms with Crippen LogP contribution in [0.25, 0.3) is 10.9 Å². The van der Waals surface area contributed by atoms with Crippen LogP contribution in [-0.2, 0) is 10.0 Å². The molecule has 9 heteroatoms. The number of hydrogen-bond acceptors (Lipinski definition) is 5. The van der Waals surface area contributed by atoms with E-state index in [1.807, 2.05) is 6.07 Å². The minimum absolute atomic E-state index is 0.0423. The standard InChI is InChI=1S/C15H14BrN3O4S/c1-22-13-6-10(16)15(7-14(13)23-2)24(20,21)19-12-5-3-4-11-9(12)8-17-18-11/h3-8,19H,1-2H3,(H,17,18). The Labute approximate surface area is 147 Å². The SMILES string of the molecule is COc1cc(Br)c(S(=O)(=O)Nc2cccc3[nH]ncc23)cc1OC. The molecule has 0 amide bonds. The largest absolute Gasteiger partial charge is 0.493 e. The van der Waals surface area contributed by atoms with Crippen molar-refractivity contribution >= 4 is 42.5 Å². The van der Waals surface area contributed by atoms with Crippen LogP contribution in [0.15, 0.2) is 45.9 Å². The molecular formula is C15H14BrN3O4S. The fourth-order valence-corrected chi connectivity index (χ4v) is 4.42. The Balaban J connectivity index is 2.07. The Bertz CT molecular complexity index is 1000. The first-order chi connectivity index (χ1) is 11.5. The second-order valence-electron chi connectivity index (χ2n) is 4.88. The molecule has 0 saturated carbocycles. The number of H-pyrrole nitrogens is 1. The number of nitrogens with zero attached hydrogens (tertiary/aromatic N) is 1. The molecule has 1 heterocycles. The third-order valence-corrected chi connectivity index (χ3v) is 5.78. The summed E-state index contributed by atoms with van der Waals surface area (Å²) in [4.78, 5) is 0.0423. The molecule has 24 heavy (non-hydrogen) atoms. The van der Waals surface area contributed by atoms with Gasteiger partial charge in [0.25, 0.3) is 10.0 Å². The molecule has 2 aromatic carbocycles. The Morgan fingerprint density at radius 2 is 1.88 bits per heavy atom. The van der Waals surface area contributed by atoms with E-state index in [9.17, 15) is 8.42 Å². The molecule has 0 fully saturated rings. The predicted molar refractivity (Wildman–Crippen MR) is 94.1 cm³/mol. The van der Waals surface area contributed by atoms with Gasteiger partial charge in [0.05, 0.1) is 31.6 Å². The van der Waals surface area contributed by atoms with Gasteiger partial charge in [-0.3, -0.25) is 9.82 Å². The van der Waals surface area contributed by atoms with Gasteiger partial charge >= 0.3 is 0 Å². The summed E-state index contributed by atoms with van der Waals surface area (Å²) in [7, 11) is -0.916. The number of nitrogens with one attached hydrogen (secondary N) is 2. The first-order valence-electron chi connectivity index (χ1n) is 6.82. The molecule has 0 atom stereocenters. The van der Waals surface area contributed by atoms with E-state index in [0.717, 1.165) is 5.52 Å². The van der Waals surface area contributed by atoms with Crippen molar-refractivity contribution in [3.05, 3.63) is 41.0 Å². The molecule has 3 aromatic rings. The van der Waals surface area contributed by atoms with Crippen molar-refractivity contribution in [3.8, 4) is 11.5 Å². The van der Waals surface area contributed by atoms with Crippen molar-refractivity contribution in [3.63, 3.8) is 0 Å². The van der Waals surface area contributed by atoms with Crippen molar-refractivity contribution in [2.24, 2.45) is 0 Å². The summed E-state index contributed by atoms with van der Waals surface area (Å²) in [5, 5.41) is 7.40. The molecule has 0 bridgehead atoms. The van der Waals surface area contributed by atoms with Gasteiger partial charge in [0.15, 0.2) is 11.5 Å². The number of anilines is 1. The summed E-state index contributed by atoms with van der Waals surface area (Å²) in [5.74, 6) is 0.753. The highest BCUT2D eigenvalue weighted by Crippen LogP contribution is 2.36. The summed E-state index contributed by atoms with van der Waals surface area (Å²) >= 11 is 3.27. The Morgan fingerprint density at radius 3 is 2.58 bits per heavy atom. The third kappa shape index (κ3) is 2.92. The van der Waals surface area contributed by atoms with E-state index in [-0.39, 0.29) is 4.90 Å². The van der Waals surface area contributed by atoms with Crippen LogP contribution in [0.5, 0.6) is 11.5 Å². The number of methoxy groups -OCH3 is 2. The molecule has 0 saturated heterocycles. The van der Waals surface area contributed by atoms with Crippen molar-refractivity contribution in [2.45, 2.75) is 4.90 Å². The van der Waals surface area contributed by atoms with Gasteiger partial charge < -0.3 is 9.47 Å². The third-order valence-electron chi connectivity index (χ3n) is 3.46. The number of rotatable bonds is 5. The summed E-state index contributed by atoms with van der Waals surface area (Å²) in [6.07, 6.45) is 1.57. The van der Waals surface area contributed by atoms with Crippen LogP contribution in [0.1, 0.15) is 0 Å². The molecule has 3 rings (SSSR count). The average molecular weight is 412 g/mol. The predicted octanol–water partition coefficient (Wildman–Crippen LogP) is 3.14. The lowest BCUT2D eigenvalue weighted by Gasteiger charge is -2.14. The number of aromatic nitrogens is 2. The summed E-state index contributed by atoms with van der Waals surface area (Å²) in [6, 6.07) is 8.17. The van der Waals surface area contributed by atoms with E-state index in [0.29, 0.717) is 27.0 Å². The van der Waals surface area contributed by atoms with Gasteiger partial charge in [-0.15, -0.1) is 0 Å². The topological polar surface area (TPSA) is 93.3 Å². The second kappa shape index (κ2) is 6.33. The van der Waals surface area contributed by atoms with Crippen LogP contribution in [0.4, 0.5) is 5.69 Å². The van der Waals surface area contributed by atoms with Crippen LogP contribution in [0, 0.1) is 0 Å². The van der Waals surface area contributed by atoms with E-state index in [4.69, 9.17) is 9.47 Å². The van der Waals surface area contributed by atoms with E-state index in [1.165, 1.54) is 20.3 Å². The number of halogens is 1. The number of ether oxygens (including phenoxy) is 2. The molecule has 1 aromatic heterocycles. The van der Waals surface area contributed by atoms with Crippen molar-refractivity contribution in [2.75, 3.05) is 18.9 Å². The number of hydrogen-bond donors (Lipinski definition) is 2. The maximum Gasteiger partial charge on any atom is 0.263 e. The van der Waals surface area contributed by atoms with Gasteiger partial charge in [-0.25, -0.2) is 8.42 Å². The lowest BCUT2D eigenvalue weighted by Crippen LogP contribution is -2.14. The summed E-state index contributed by atoms with van der Waals surface area (Å²) in [5.41, 5.74) is 1.17. The number of fused-ring (bicyclic) bond motifs is 1. The van der Waals surface area contributed by atoms with Gasteiger partial charge in [0, 0.05) is 15.9 Å². The van der Waals surface area contributed by atoms with Crippen molar-refractivity contribution < 1.29 is 17.9 Å². The zero-order valence-electron chi connectivity index (χ0n) is 12.8. The number of aromatic amines is 1. The maximum absolute atomic E-state index is 12.8. The van der Waals surface area contributed by atoms with E-state index in [1.54, 1.807) is 24.4 Å². The molecule has 0 aliphatic carbocycles.